The Morgan fingerprint density at radius 1 is 1.40 bits per heavy atom. The largest absolute Gasteiger partial charge is 0.494 e. The van der Waals surface area contributed by atoms with Crippen LogP contribution in [0.4, 0.5) is 0 Å². The number of ether oxygens (including phenoxy) is 2. The highest BCUT2D eigenvalue weighted by molar-refractivity contribution is 5.89. The molecule has 1 aliphatic rings. The lowest BCUT2D eigenvalue weighted by atomic mass is 10.0. The predicted molar refractivity (Wildman–Crippen MR) is 78.2 cm³/mol. The fraction of sp³-hybridized carbons (Fsp3) is 0.562. The first-order valence-corrected chi connectivity index (χ1v) is 7.43. The Morgan fingerprint density at radius 3 is 3.05 bits per heavy atom. The summed E-state index contributed by atoms with van der Waals surface area (Å²) in [5.41, 5.74) is 0.542. The number of piperidine rings is 1. The molecule has 0 radical (unpaired) electrons. The molecule has 0 bridgehead atoms. The van der Waals surface area contributed by atoms with Crippen molar-refractivity contribution in [3.63, 3.8) is 0 Å². The summed E-state index contributed by atoms with van der Waals surface area (Å²) in [6, 6.07) is 7.74. The molecule has 1 atom stereocenters. The van der Waals surface area contributed by atoms with E-state index in [1.54, 1.807) is 19.1 Å². The first kappa shape index (κ1) is 14.9. The molecule has 1 aromatic rings. The summed E-state index contributed by atoms with van der Waals surface area (Å²) in [7, 11) is 0. The summed E-state index contributed by atoms with van der Waals surface area (Å²) in [6.45, 7) is 3.97. The topological polar surface area (TPSA) is 47.6 Å². The van der Waals surface area contributed by atoms with Crippen LogP contribution in [0, 0.1) is 0 Å². The van der Waals surface area contributed by atoms with Gasteiger partial charge in [0.25, 0.3) is 0 Å². The molecule has 0 aromatic heterocycles. The van der Waals surface area contributed by atoms with Crippen molar-refractivity contribution in [1.29, 1.82) is 0 Å². The molecule has 1 saturated heterocycles. The molecule has 2 rings (SSSR count). The van der Waals surface area contributed by atoms with E-state index >= 15 is 0 Å². The molecule has 0 saturated carbocycles. The Morgan fingerprint density at radius 2 is 2.30 bits per heavy atom. The molecule has 1 heterocycles. The van der Waals surface area contributed by atoms with E-state index in [1.165, 1.54) is 19.3 Å². The maximum atomic E-state index is 11.6. The van der Waals surface area contributed by atoms with E-state index in [9.17, 15) is 4.79 Å². The molecular weight excluding hydrogens is 254 g/mol. The van der Waals surface area contributed by atoms with Crippen LogP contribution >= 0.6 is 0 Å². The van der Waals surface area contributed by atoms with Crippen LogP contribution in [-0.4, -0.2) is 31.8 Å². The SMILES string of the molecule is CCOC(=O)c1cccc(OCC[C@@H]2CCCCN2)c1. The zero-order chi connectivity index (χ0) is 14.2. The lowest BCUT2D eigenvalue weighted by molar-refractivity contribution is 0.0526. The van der Waals surface area contributed by atoms with Crippen LogP contribution in [0.15, 0.2) is 24.3 Å². The van der Waals surface area contributed by atoms with Crippen molar-refractivity contribution in [3.05, 3.63) is 29.8 Å². The third-order valence-corrected chi connectivity index (χ3v) is 3.49. The minimum Gasteiger partial charge on any atom is -0.494 e. The van der Waals surface area contributed by atoms with E-state index in [-0.39, 0.29) is 5.97 Å². The fourth-order valence-corrected chi connectivity index (χ4v) is 2.42. The van der Waals surface area contributed by atoms with Gasteiger partial charge in [-0.3, -0.25) is 0 Å². The molecule has 110 valence electrons. The van der Waals surface area contributed by atoms with Gasteiger partial charge in [0.05, 0.1) is 18.8 Å². The first-order chi connectivity index (χ1) is 9.79. The van der Waals surface area contributed by atoms with Gasteiger partial charge >= 0.3 is 5.97 Å². The second-order valence-corrected chi connectivity index (χ2v) is 5.03. The maximum absolute atomic E-state index is 11.6. The fourth-order valence-electron chi connectivity index (χ4n) is 2.42. The van der Waals surface area contributed by atoms with Gasteiger partial charge in [-0.15, -0.1) is 0 Å². The van der Waals surface area contributed by atoms with Crippen LogP contribution in [0.1, 0.15) is 43.0 Å². The minimum absolute atomic E-state index is 0.299. The van der Waals surface area contributed by atoms with Crippen LogP contribution in [0.5, 0.6) is 5.75 Å². The summed E-state index contributed by atoms with van der Waals surface area (Å²) in [4.78, 5) is 11.6. The van der Waals surface area contributed by atoms with Gasteiger partial charge in [0, 0.05) is 6.04 Å². The van der Waals surface area contributed by atoms with Crippen LogP contribution in [-0.2, 0) is 4.74 Å². The number of rotatable bonds is 6. The van der Waals surface area contributed by atoms with Crippen molar-refractivity contribution in [3.8, 4) is 5.75 Å². The third kappa shape index (κ3) is 4.53. The normalized spacial score (nSPS) is 18.6. The summed E-state index contributed by atoms with van der Waals surface area (Å²) < 4.78 is 10.7. The Labute approximate surface area is 120 Å². The standard InChI is InChI=1S/C16H23NO3/c1-2-19-16(18)13-6-5-8-15(12-13)20-11-9-14-7-3-4-10-17-14/h5-6,8,12,14,17H,2-4,7,9-11H2,1H3/t14-/m0/s1. The zero-order valence-electron chi connectivity index (χ0n) is 12.1. The van der Waals surface area contributed by atoms with Gasteiger partial charge in [-0.1, -0.05) is 12.5 Å². The number of hydrogen-bond donors (Lipinski definition) is 1. The summed E-state index contributed by atoms with van der Waals surface area (Å²) in [6.07, 6.45) is 4.81. The quantitative estimate of drug-likeness (QED) is 0.812. The highest BCUT2D eigenvalue weighted by atomic mass is 16.5. The Bertz CT molecular complexity index is 427. The maximum Gasteiger partial charge on any atom is 0.338 e. The van der Waals surface area contributed by atoms with E-state index in [4.69, 9.17) is 9.47 Å². The Hall–Kier alpha value is -1.55. The predicted octanol–water partition coefficient (Wildman–Crippen LogP) is 2.77. The average Bonchev–Trinajstić information content (AvgIpc) is 2.49. The molecule has 1 N–H and O–H groups in total. The summed E-state index contributed by atoms with van der Waals surface area (Å²) >= 11 is 0. The Balaban J connectivity index is 1.80. The average molecular weight is 277 g/mol. The smallest absolute Gasteiger partial charge is 0.338 e. The van der Waals surface area contributed by atoms with Gasteiger partial charge in [0.2, 0.25) is 0 Å². The Kier molecular flexibility index (Phi) is 5.87. The van der Waals surface area contributed by atoms with E-state index in [1.807, 2.05) is 12.1 Å². The van der Waals surface area contributed by atoms with Crippen molar-refractivity contribution in [2.24, 2.45) is 0 Å². The van der Waals surface area contributed by atoms with Gasteiger partial charge in [-0.25, -0.2) is 4.79 Å². The van der Waals surface area contributed by atoms with E-state index in [2.05, 4.69) is 5.32 Å². The van der Waals surface area contributed by atoms with E-state index in [0.29, 0.717) is 24.8 Å². The first-order valence-electron chi connectivity index (χ1n) is 7.43. The second-order valence-electron chi connectivity index (χ2n) is 5.03. The molecule has 4 nitrogen and oxygen atoms in total. The van der Waals surface area contributed by atoms with Gasteiger partial charge in [-0.2, -0.15) is 0 Å². The lowest BCUT2D eigenvalue weighted by Gasteiger charge is -2.23. The number of hydrogen-bond acceptors (Lipinski definition) is 4. The molecule has 4 heteroatoms. The number of carbonyl (C=O) groups is 1. The lowest BCUT2D eigenvalue weighted by Crippen LogP contribution is -2.35. The number of carbonyl (C=O) groups excluding carboxylic acids is 1. The van der Waals surface area contributed by atoms with Gasteiger partial charge in [-0.05, 0) is 50.9 Å². The third-order valence-electron chi connectivity index (χ3n) is 3.49. The van der Waals surface area contributed by atoms with Crippen molar-refractivity contribution in [1.82, 2.24) is 5.32 Å². The van der Waals surface area contributed by atoms with E-state index < -0.39 is 0 Å². The van der Waals surface area contributed by atoms with Crippen LogP contribution in [0.25, 0.3) is 0 Å². The molecular formula is C16H23NO3. The van der Waals surface area contributed by atoms with E-state index in [0.717, 1.165) is 18.7 Å². The zero-order valence-corrected chi connectivity index (χ0v) is 12.1. The molecule has 20 heavy (non-hydrogen) atoms. The van der Waals surface area contributed by atoms with Gasteiger partial charge in [0.1, 0.15) is 5.75 Å². The van der Waals surface area contributed by atoms with Crippen molar-refractivity contribution in [2.45, 2.75) is 38.6 Å². The highest BCUT2D eigenvalue weighted by Crippen LogP contribution is 2.16. The number of benzene rings is 1. The van der Waals surface area contributed by atoms with Crippen LogP contribution in [0.3, 0.4) is 0 Å². The highest BCUT2D eigenvalue weighted by Gasteiger charge is 2.12. The number of nitrogens with one attached hydrogen (secondary N) is 1. The molecule has 0 unspecified atom stereocenters. The minimum atomic E-state index is -0.299. The molecule has 1 aromatic carbocycles. The molecule has 0 spiro atoms. The molecule has 0 amide bonds. The van der Waals surface area contributed by atoms with Crippen LogP contribution in [0.2, 0.25) is 0 Å². The summed E-state index contributed by atoms with van der Waals surface area (Å²) in [5.74, 6) is 0.429. The summed E-state index contributed by atoms with van der Waals surface area (Å²) in [5, 5.41) is 3.50. The van der Waals surface area contributed by atoms with Crippen LogP contribution < -0.4 is 10.1 Å². The van der Waals surface area contributed by atoms with Crippen molar-refractivity contribution in [2.75, 3.05) is 19.8 Å². The van der Waals surface area contributed by atoms with Gasteiger partial charge in [0.15, 0.2) is 0 Å². The van der Waals surface area contributed by atoms with Gasteiger partial charge < -0.3 is 14.8 Å². The van der Waals surface area contributed by atoms with Crippen molar-refractivity contribution < 1.29 is 14.3 Å². The molecule has 1 aliphatic heterocycles. The molecule has 1 fully saturated rings. The number of esters is 1. The monoisotopic (exact) mass is 277 g/mol. The second kappa shape index (κ2) is 7.90. The van der Waals surface area contributed by atoms with Crippen molar-refractivity contribution >= 4 is 5.97 Å². The molecule has 0 aliphatic carbocycles.